The molecule has 41 heavy (non-hydrogen) atoms. The van der Waals surface area contributed by atoms with E-state index in [0.717, 1.165) is 33.3 Å². The first-order chi connectivity index (χ1) is 19.7. The number of rotatable bonds is 6. The van der Waals surface area contributed by atoms with E-state index in [0.29, 0.717) is 30.2 Å². The van der Waals surface area contributed by atoms with Gasteiger partial charge in [-0.05, 0) is 67.1 Å². The van der Waals surface area contributed by atoms with Gasteiger partial charge in [0, 0.05) is 52.3 Å². The maximum atomic E-state index is 14.2. The number of aromatic nitrogens is 1. The Balaban J connectivity index is 1.35. The summed E-state index contributed by atoms with van der Waals surface area (Å²) in [6.07, 6.45) is 0.689. The SMILES string of the molecule is Cc1ccc2[nH]c3c(c2c1)CN(C(=O)c1ccc(Cl)c(S(=O)(=O)N(Cc2ccccc2)c2ccc(Cl)cc2)c1)CC3. The normalized spacial score (nSPS) is 13.3. The molecule has 9 heteroatoms. The van der Waals surface area contributed by atoms with Crippen LogP contribution in [0, 0.1) is 6.92 Å². The summed E-state index contributed by atoms with van der Waals surface area (Å²) in [5.74, 6) is -0.244. The Morgan fingerprint density at radius 1 is 0.951 bits per heavy atom. The molecule has 0 aliphatic carbocycles. The number of aryl methyl sites for hydroxylation is 1. The van der Waals surface area contributed by atoms with Crippen LogP contribution in [0.25, 0.3) is 10.9 Å². The second kappa shape index (κ2) is 10.9. The Morgan fingerprint density at radius 2 is 1.71 bits per heavy atom. The van der Waals surface area contributed by atoms with Crippen LogP contribution in [0.4, 0.5) is 5.69 Å². The molecule has 0 saturated carbocycles. The van der Waals surface area contributed by atoms with Crippen molar-refractivity contribution >= 4 is 55.7 Å². The first-order valence-electron chi connectivity index (χ1n) is 13.2. The van der Waals surface area contributed by atoms with E-state index in [1.165, 1.54) is 16.4 Å². The zero-order valence-corrected chi connectivity index (χ0v) is 24.6. The maximum Gasteiger partial charge on any atom is 0.266 e. The third-order valence-corrected chi connectivity index (χ3v) is 9.96. The van der Waals surface area contributed by atoms with Crippen molar-refractivity contribution in [3.8, 4) is 0 Å². The van der Waals surface area contributed by atoms with Crippen LogP contribution in [0.15, 0.2) is 95.9 Å². The number of halogens is 2. The number of sulfonamides is 1. The highest BCUT2D eigenvalue weighted by Crippen LogP contribution is 2.33. The lowest BCUT2D eigenvalue weighted by molar-refractivity contribution is 0.0735. The molecule has 1 aliphatic heterocycles. The van der Waals surface area contributed by atoms with Crippen molar-refractivity contribution in [3.05, 3.63) is 129 Å². The highest BCUT2D eigenvalue weighted by molar-refractivity contribution is 7.93. The average molecular weight is 605 g/mol. The molecule has 0 atom stereocenters. The summed E-state index contributed by atoms with van der Waals surface area (Å²) in [4.78, 5) is 18.9. The van der Waals surface area contributed by atoms with Crippen molar-refractivity contribution in [2.75, 3.05) is 10.8 Å². The molecule has 208 valence electrons. The van der Waals surface area contributed by atoms with Gasteiger partial charge < -0.3 is 9.88 Å². The van der Waals surface area contributed by atoms with Gasteiger partial charge in [-0.25, -0.2) is 8.42 Å². The molecule has 1 amide bonds. The van der Waals surface area contributed by atoms with Crippen LogP contribution in [0.2, 0.25) is 10.0 Å². The number of fused-ring (bicyclic) bond motifs is 3. The topological polar surface area (TPSA) is 73.5 Å². The summed E-state index contributed by atoms with van der Waals surface area (Å²) in [5, 5.41) is 1.64. The van der Waals surface area contributed by atoms with Gasteiger partial charge in [-0.3, -0.25) is 9.10 Å². The van der Waals surface area contributed by atoms with Gasteiger partial charge in [-0.1, -0.05) is 65.2 Å². The molecule has 2 heterocycles. The number of H-pyrrole nitrogens is 1. The number of carbonyl (C=O) groups excluding carboxylic acids is 1. The summed E-state index contributed by atoms with van der Waals surface area (Å²) >= 11 is 12.6. The van der Waals surface area contributed by atoms with Crippen molar-refractivity contribution in [3.63, 3.8) is 0 Å². The monoisotopic (exact) mass is 603 g/mol. The van der Waals surface area contributed by atoms with Crippen LogP contribution in [0.1, 0.15) is 32.7 Å². The van der Waals surface area contributed by atoms with E-state index >= 15 is 0 Å². The second-order valence-electron chi connectivity index (χ2n) is 10.2. The van der Waals surface area contributed by atoms with Crippen molar-refractivity contribution < 1.29 is 13.2 Å². The molecule has 0 radical (unpaired) electrons. The van der Waals surface area contributed by atoms with Crippen molar-refractivity contribution in [1.29, 1.82) is 0 Å². The smallest absolute Gasteiger partial charge is 0.266 e. The van der Waals surface area contributed by atoms with Gasteiger partial charge >= 0.3 is 0 Å². The summed E-state index contributed by atoms with van der Waals surface area (Å²) < 4.78 is 29.6. The number of hydrogen-bond donors (Lipinski definition) is 1. The molecule has 1 aromatic heterocycles. The first-order valence-corrected chi connectivity index (χ1v) is 15.4. The number of hydrogen-bond acceptors (Lipinski definition) is 3. The number of anilines is 1. The van der Waals surface area contributed by atoms with E-state index in [4.69, 9.17) is 23.2 Å². The summed E-state index contributed by atoms with van der Waals surface area (Å²) in [7, 11) is -4.17. The Labute approximate surface area is 249 Å². The van der Waals surface area contributed by atoms with Crippen LogP contribution in [-0.4, -0.2) is 30.8 Å². The molecular weight excluding hydrogens is 577 g/mol. The number of benzene rings is 4. The van der Waals surface area contributed by atoms with Crippen molar-refractivity contribution in [1.82, 2.24) is 9.88 Å². The van der Waals surface area contributed by atoms with Crippen LogP contribution in [0.3, 0.4) is 0 Å². The molecular formula is C32H27Cl2N3O3S. The number of nitrogens with zero attached hydrogens (tertiary/aromatic N) is 2. The van der Waals surface area contributed by atoms with Gasteiger partial charge in [0.25, 0.3) is 15.9 Å². The van der Waals surface area contributed by atoms with Gasteiger partial charge in [0.2, 0.25) is 0 Å². The van der Waals surface area contributed by atoms with E-state index in [1.54, 1.807) is 35.2 Å². The predicted molar refractivity (Wildman–Crippen MR) is 164 cm³/mol. The van der Waals surface area contributed by atoms with Crippen LogP contribution in [-0.2, 0) is 29.5 Å². The van der Waals surface area contributed by atoms with Gasteiger partial charge in [0.15, 0.2) is 0 Å². The zero-order valence-electron chi connectivity index (χ0n) is 22.3. The number of carbonyl (C=O) groups is 1. The molecule has 6 rings (SSSR count). The lowest BCUT2D eigenvalue weighted by Crippen LogP contribution is -2.36. The third kappa shape index (κ3) is 5.33. The molecule has 0 fully saturated rings. The highest BCUT2D eigenvalue weighted by Gasteiger charge is 2.30. The molecule has 1 N–H and O–H groups in total. The Kier molecular flexibility index (Phi) is 7.28. The molecule has 1 aliphatic rings. The molecule has 5 aromatic rings. The van der Waals surface area contributed by atoms with Crippen LogP contribution < -0.4 is 4.31 Å². The standard InChI is InChI=1S/C32H27Cl2N3O3S/c1-21-7-14-29-26(17-21)27-20-36(16-15-30(27)35-29)32(38)23-8-13-28(34)31(18-23)41(39,40)37(19-22-5-3-2-4-6-22)25-11-9-24(33)10-12-25/h2-14,17-18,35H,15-16,19-20H2,1H3. The lowest BCUT2D eigenvalue weighted by atomic mass is 10.0. The molecule has 0 spiro atoms. The number of amides is 1. The largest absolute Gasteiger partial charge is 0.358 e. The summed E-state index contributed by atoms with van der Waals surface area (Å²) in [5.41, 5.74) is 5.93. The van der Waals surface area contributed by atoms with Gasteiger partial charge in [-0.15, -0.1) is 0 Å². The Morgan fingerprint density at radius 3 is 2.46 bits per heavy atom. The third-order valence-electron chi connectivity index (χ3n) is 7.45. The average Bonchev–Trinajstić information content (AvgIpc) is 3.34. The molecule has 4 aromatic carbocycles. The lowest BCUT2D eigenvalue weighted by Gasteiger charge is -2.28. The van der Waals surface area contributed by atoms with Crippen LogP contribution >= 0.6 is 23.2 Å². The van der Waals surface area contributed by atoms with Crippen molar-refractivity contribution in [2.24, 2.45) is 0 Å². The van der Waals surface area contributed by atoms with E-state index < -0.39 is 10.0 Å². The predicted octanol–water partition coefficient (Wildman–Crippen LogP) is 7.38. The Bertz CT molecular complexity index is 1870. The molecule has 6 nitrogen and oxygen atoms in total. The van der Waals surface area contributed by atoms with Crippen LogP contribution in [0.5, 0.6) is 0 Å². The minimum absolute atomic E-state index is 0.0432. The van der Waals surface area contributed by atoms with Gasteiger partial charge in [-0.2, -0.15) is 0 Å². The summed E-state index contributed by atoms with van der Waals surface area (Å²) in [6, 6.07) is 26.6. The highest BCUT2D eigenvalue weighted by atomic mass is 35.5. The summed E-state index contributed by atoms with van der Waals surface area (Å²) in [6.45, 7) is 3.08. The van der Waals surface area contributed by atoms with E-state index in [2.05, 4.69) is 23.2 Å². The first kappa shape index (κ1) is 27.4. The number of nitrogens with one attached hydrogen (secondary N) is 1. The fraction of sp³-hybridized carbons (Fsp3) is 0.156. The maximum absolute atomic E-state index is 14.2. The quantitative estimate of drug-likeness (QED) is 0.220. The fourth-order valence-corrected chi connectivity index (χ4v) is 7.39. The van der Waals surface area contributed by atoms with Crippen molar-refractivity contribution in [2.45, 2.75) is 31.3 Å². The molecule has 0 unspecified atom stereocenters. The Hall–Kier alpha value is -3.78. The minimum Gasteiger partial charge on any atom is -0.358 e. The second-order valence-corrected chi connectivity index (χ2v) is 12.9. The molecule has 0 bridgehead atoms. The zero-order chi connectivity index (χ0) is 28.7. The molecule has 0 saturated heterocycles. The van der Waals surface area contributed by atoms with Gasteiger partial charge in [0.05, 0.1) is 17.3 Å². The van der Waals surface area contributed by atoms with E-state index in [9.17, 15) is 13.2 Å². The number of aromatic amines is 1. The minimum atomic E-state index is -4.17. The van der Waals surface area contributed by atoms with E-state index in [1.807, 2.05) is 37.3 Å². The fourth-order valence-electron chi connectivity index (χ4n) is 5.31. The van der Waals surface area contributed by atoms with Gasteiger partial charge in [0.1, 0.15) is 4.90 Å². The van der Waals surface area contributed by atoms with E-state index in [-0.39, 0.29) is 27.9 Å².